The molecule has 0 spiro atoms. The molecule has 1 atom stereocenters. The van der Waals surface area contributed by atoms with E-state index in [9.17, 15) is 9.59 Å². The molecule has 0 aliphatic heterocycles. The zero-order chi connectivity index (χ0) is 22.4. The standard InChI is InChI=1S/C25H30N2O4/c1-4-6-15-26-17-22(18(3)5-2)27(24(26)28)16-19-11-13-20(14-12-19)21-9-7-8-10-23(21)31-25(29)30/h7-14,17-18H,4-6,15-16H2,1-3H3,(H,29,30). The Bertz CT molecular complexity index is 1080. The van der Waals surface area contributed by atoms with Crippen LogP contribution < -0.4 is 10.4 Å². The van der Waals surface area contributed by atoms with Crippen LogP contribution in [0.4, 0.5) is 4.79 Å². The molecule has 0 radical (unpaired) electrons. The third kappa shape index (κ3) is 5.26. The topological polar surface area (TPSA) is 73.5 Å². The summed E-state index contributed by atoms with van der Waals surface area (Å²) in [5.41, 5.74) is 3.68. The molecule has 6 nitrogen and oxygen atoms in total. The largest absolute Gasteiger partial charge is 0.511 e. The highest BCUT2D eigenvalue weighted by molar-refractivity contribution is 5.74. The molecule has 0 aliphatic rings. The van der Waals surface area contributed by atoms with Gasteiger partial charge in [-0.05, 0) is 36.0 Å². The number of imidazole rings is 1. The monoisotopic (exact) mass is 422 g/mol. The second kappa shape index (κ2) is 10.2. The summed E-state index contributed by atoms with van der Waals surface area (Å²) in [4.78, 5) is 24.0. The molecule has 3 rings (SSSR count). The van der Waals surface area contributed by atoms with Gasteiger partial charge in [0.25, 0.3) is 0 Å². The number of nitrogens with zero attached hydrogens (tertiary/aromatic N) is 2. The van der Waals surface area contributed by atoms with Gasteiger partial charge in [-0.3, -0.25) is 9.13 Å². The highest BCUT2D eigenvalue weighted by atomic mass is 16.7. The lowest BCUT2D eigenvalue weighted by atomic mass is 10.0. The first-order chi connectivity index (χ1) is 14.9. The number of hydrogen-bond donors (Lipinski definition) is 1. The molecule has 1 heterocycles. The molecule has 3 aromatic rings. The van der Waals surface area contributed by atoms with Crippen LogP contribution in [0.2, 0.25) is 0 Å². The zero-order valence-corrected chi connectivity index (χ0v) is 18.4. The van der Waals surface area contributed by atoms with Gasteiger partial charge in [-0.2, -0.15) is 0 Å². The lowest BCUT2D eigenvalue weighted by Gasteiger charge is -2.13. The fraction of sp³-hybridized carbons (Fsp3) is 0.360. The van der Waals surface area contributed by atoms with Crippen LogP contribution >= 0.6 is 0 Å². The molecule has 2 aromatic carbocycles. The Morgan fingerprint density at radius 3 is 2.45 bits per heavy atom. The van der Waals surface area contributed by atoms with Crippen molar-refractivity contribution in [3.8, 4) is 16.9 Å². The minimum absolute atomic E-state index is 0.0352. The predicted molar refractivity (Wildman–Crippen MR) is 122 cm³/mol. The zero-order valence-electron chi connectivity index (χ0n) is 18.4. The van der Waals surface area contributed by atoms with Crippen molar-refractivity contribution in [2.75, 3.05) is 0 Å². The van der Waals surface area contributed by atoms with Gasteiger partial charge in [0.1, 0.15) is 5.75 Å². The maximum atomic E-state index is 13.0. The SMILES string of the molecule is CCCCn1cc(C(C)CC)n(Cc2ccc(-c3ccccc3OC(=O)O)cc2)c1=O. The summed E-state index contributed by atoms with van der Waals surface area (Å²) < 4.78 is 8.61. The van der Waals surface area contributed by atoms with Crippen molar-refractivity contribution in [1.29, 1.82) is 0 Å². The molecule has 0 bridgehead atoms. The Morgan fingerprint density at radius 2 is 1.81 bits per heavy atom. The van der Waals surface area contributed by atoms with Crippen LogP contribution in [0.25, 0.3) is 11.1 Å². The van der Waals surface area contributed by atoms with Gasteiger partial charge in [-0.15, -0.1) is 0 Å². The number of aromatic nitrogens is 2. The van der Waals surface area contributed by atoms with Crippen molar-refractivity contribution in [2.24, 2.45) is 0 Å². The Morgan fingerprint density at radius 1 is 1.10 bits per heavy atom. The molecule has 31 heavy (non-hydrogen) atoms. The van der Waals surface area contributed by atoms with Gasteiger partial charge >= 0.3 is 11.8 Å². The average molecular weight is 423 g/mol. The number of carboxylic acid groups (broad SMARTS) is 1. The maximum Gasteiger partial charge on any atom is 0.511 e. The van der Waals surface area contributed by atoms with Crippen LogP contribution in [-0.4, -0.2) is 20.4 Å². The molecule has 0 amide bonds. The highest BCUT2D eigenvalue weighted by Gasteiger charge is 2.16. The fourth-order valence-electron chi connectivity index (χ4n) is 3.66. The number of aryl methyl sites for hydroxylation is 1. The Balaban J connectivity index is 1.89. The van der Waals surface area contributed by atoms with Gasteiger partial charge in [-0.1, -0.05) is 69.7 Å². The van der Waals surface area contributed by atoms with Gasteiger partial charge in [-0.25, -0.2) is 9.59 Å². The second-order valence-electron chi connectivity index (χ2n) is 7.84. The fourth-order valence-corrected chi connectivity index (χ4v) is 3.66. The number of unbranched alkanes of at least 4 members (excludes halogenated alkanes) is 1. The average Bonchev–Trinajstić information content (AvgIpc) is 3.07. The van der Waals surface area contributed by atoms with E-state index in [4.69, 9.17) is 9.84 Å². The number of rotatable bonds is 9. The first kappa shape index (κ1) is 22.4. The Kier molecular flexibility index (Phi) is 7.34. The highest BCUT2D eigenvalue weighted by Crippen LogP contribution is 2.30. The van der Waals surface area contributed by atoms with Crippen molar-refractivity contribution in [3.63, 3.8) is 0 Å². The molecule has 164 valence electrons. The molecule has 6 heteroatoms. The van der Waals surface area contributed by atoms with Crippen LogP contribution in [0.15, 0.2) is 59.5 Å². The summed E-state index contributed by atoms with van der Waals surface area (Å²) in [6.45, 7) is 7.65. The van der Waals surface area contributed by atoms with Gasteiger partial charge in [0, 0.05) is 24.0 Å². The van der Waals surface area contributed by atoms with Gasteiger partial charge in [0.2, 0.25) is 0 Å². The molecular weight excluding hydrogens is 392 g/mol. The second-order valence-corrected chi connectivity index (χ2v) is 7.84. The molecular formula is C25H30N2O4. The number of hydrogen-bond acceptors (Lipinski definition) is 3. The first-order valence-corrected chi connectivity index (χ1v) is 10.8. The molecule has 1 aromatic heterocycles. The molecule has 1 unspecified atom stereocenters. The third-order valence-electron chi connectivity index (χ3n) is 5.64. The summed E-state index contributed by atoms with van der Waals surface area (Å²) in [5.74, 6) is 0.598. The summed E-state index contributed by atoms with van der Waals surface area (Å²) in [6.07, 6.45) is 3.67. The van der Waals surface area contributed by atoms with Gasteiger partial charge in [0.15, 0.2) is 0 Å². The van der Waals surface area contributed by atoms with Crippen molar-refractivity contribution < 1.29 is 14.6 Å². The molecule has 0 saturated heterocycles. The van der Waals surface area contributed by atoms with Gasteiger partial charge < -0.3 is 9.84 Å². The summed E-state index contributed by atoms with van der Waals surface area (Å²) in [6, 6.07) is 14.9. The van der Waals surface area contributed by atoms with E-state index < -0.39 is 6.16 Å². The lowest BCUT2D eigenvalue weighted by molar-refractivity contribution is 0.144. The van der Waals surface area contributed by atoms with Crippen LogP contribution in [0.1, 0.15) is 57.2 Å². The van der Waals surface area contributed by atoms with Crippen LogP contribution in [0.3, 0.4) is 0 Å². The van der Waals surface area contributed by atoms with Crippen LogP contribution in [0, 0.1) is 0 Å². The summed E-state index contributed by atoms with van der Waals surface area (Å²) in [7, 11) is 0. The van der Waals surface area contributed by atoms with Gasteiger partial charge in [0.05, 0.1) is 6.54 Å². The Labute approximate surface area is 182 Å². The summed E-state index contributed by atoms with van der Waals surface area (Å²) in [5, 5.41) is 8.96. The van der Waals surface area contributed by atoms with Crippen molar-refractivity contribution in [2.45, 2.75) is 59.0 Å². The molecule has 1 N–H and O–H groups in total. The van der Waals surface area contributed by atoms with Crippen LogP contribution in [0.5, 0.6) is 5.75 Å². The van der Waals surface area contributed by atoms with Crippen molar-refractivity contribution >= 4 is 6.16 Å². The lowest BCUT2D eigenvalue weighted by Crippen LogP contribution is -2.26. The molecule has 0 saturated carbocycles. The number of ether oxygens (including phenoxy) is 1. The normalized spacial score (nSPS) is 12.0. The van der Waals surface area contributed by atoms with E-state index >= 15 is 0 Å². The number of para-hydroxylation sites is 1. The quantitative estimate of drug-likeness (QED) is 0.353. The first-order valence-electron chi connectivity index (χ1n) is 10.8. The van der Waals surface area contributed by atoms with E-state index in [0.29, 0.717) is 23.8 Å². The maximum absolute atomic E-state index is 13.0. The minimum atomic E-state index is -1.34. The Hall–Kier alpha value is -3.28. The third-order valence-corrected chi connectivity index (χ3v) is 5.64. The van der Waals surface area contributed by atoms with E-state index in [1.165, 1.54) is 0 Å². The predicted octanol–water partition coefficient (Wildman–Crippen LogP) is 5.74. The van der Waals surface area contributed by atoms with Crippen molar-refractivity contribution in [3.05, 3.63) is 76.5 Å². The molecule has 0 fully saturated rings. The number of carbonyl (C=O) groups is 1. The minimum Gasteiger partial charge on any atom is -0.449 e. The molecule has 0 aliphatic carbocycles. The van der Waals surface area contributed by atoms with E-state index in [-0.39, 0.29) is 5.69 Å². The van der Waals surface area contributed by atoms with Crippen LogP contribution in [-0.2, 0) is 13.1 Å². The van der Waals surface area contributed by atoms with E-state index in [0.717, 1.165) is 42.6 Å². The smallest absolute Gasteiger partial charge is 0.449 e. The van der Waals surface area contributed by atoms with E-state index in [1.54, 1.807) is 12.1 Å². The van der Waals surface area contributed by atoms with E-state index in [2.05, 4.69) is 20.8 Å². The van der Waals surface area contributed by atoms with Crippen molar-refractivity contribution in [1.82, 2.24) is 9.13 Å². The van der Waals surface area contributed by atoms with E-state index in [1.807, 2.05) is 51.7 Å². The summed E-state index contributed by atoms with van der Waals surface area (Å²) >= 11 is 0. The number of benzene rings is 2.